The van der Waals surface area contributed by atoms with Crippen molar-refractivity contribution >= 4 is 23.2 Å². The van der Waals surface area contributed by atoms with E-state index >= 15 is 0 Å². The fourth-order valence-corrected chi connectivity index (χ4v) is 1.62. The number of thiazole rings is 1. The summed E-state index contributed by atoms with van der Waals surface area (Å²) in [6, 6.07) is -0.201. The number of nitrogens with one attached hydrogen (secondary N) is 1. The summed E-state index contributed by atoms with van der Waals surface area (Å²) in [5, 5.41) is 4.61. The molecule has 1 heterocycles. The molecule has 1 unspecified atom stereocenters. The topological polar surface area (TPSA) is 111 Å². The third-order valence-electron chi connectivity index (χ3n) is 1.57. The van der Waals surface area contributed by atoms with Gasteiger partial charge in [-0.25, -0.2) is 4.98 Å². The maximum Gasteiger partial charge on any atom is 0.271 e. The van der Waals surface area contributed by atoms with Crippen LogP contribution in [0.3, 0.4) is 0 Å². The Labute approximate surface area is 90.7 Å². The quantitative estimate of drug-likeness (QED) is 0.637. The van der Waals surface area contributed by atoms with Gasteiger partial charge in [-0.3, -0.25) is 9.59 Å². The van der Waals surface area contributed by atoms with Crippen LogP contribution in [-0.4, -0.2) is 23.3 Å². The number of rotatable bonds is 4. The Morgan fingerprint density at radius 3 is 2.80 bits per heavy atom. The number of carbonyl (C=O) groups is 2. The Morgan fingerprint density at radius 2 is 2.33 bits per heavy atom. The number of amides is 2. The second-order valence-electron chi connectivity index (χ2n) is 3.01. The van der Waals surface area contributed by atoms with Crippen molar-refractivity contribution < 1.29 is 9.59 Å². The van der Waals surface area contributed by atoms with Gasteiger partial charge in [0.1, 0.15) is 10.7 Å². The van der Waals surface area contributed by atoms with E-state index in [0.717, 1.165) is 0 Å². The van der Waals surface area contributed by atoms with Crippen molar-refractivity contribution in [3.63, 3.8) is 0 Å². The van der Waals surface area contributed by atoms with Crippen LogP contribution in [0.2, 0.25) is 0 Å². The number of hydrogen-bond acceptors (Lipinski definition) is 5. The van der Waals surface area contributed by atoms with Crippen LogP contribution >= 0.6 is 11.3 Å². The van der Waals surface area contributed by atoms with Crippen LogP contribution in [0.1, 0.15) is 28.5 Å². The largest absolute Gasteiger partial charge is 0.368 e. The summed E-state index contributed by atoms with van der Waals surface area (Å²) in [6.07, 6.45) is 0. The van der Waals surface area contributed by atoms with Crippen LogP contribution in [0, 0.1) is 0 Å². The molecule has 0 radical (unpaired) electrons. The molecule has 0 saturated heterocycles. The summed E-state index contributed by atoms with van der Waals surface area (Å²) < 4.78 is 0. The van der Waals surface area contributed by atoms with Gasteiger partial charge < -0.3 is 16.8 Å². The van der Waals surface area contributed by atoms with Crippen molar-refractivity contribution in [2.75, 3.05) is 6.54 Å². The van der Waals surface area contributed by atoms with Gasteiger partial charge in [-0.1, -0.05) is 0 Å². The lowest BCUT2D eigenvalue weighted by Crippen LogP contribution is -2.33. The smallest absolute Gasteiger partial charge is 0.271 e. The van der Waals surface area contributed by atoms with Crippen LogP contribution < -0.4 is 16.8 Å². The number of aromatic nitrogens is 1. The van der Waals surface area contributed by atoms with Gasteiger partial charge in [-0.15, -0.1) is 11.3 Å². The van der Waals surface area contributed by atoms with Crippen LogP contribution in [0.25, 0.3) is 0 Å². The Balaban J connectivity index is 2.62. The molecule has 0 aliphatic heterocycles. The van der Waals surface area contributed by atoms with Crippen LogP contribution in [0.5, 0.6) is 0 Å². The highest BCUT2D eigenvalue weighted by molar-refractivity contribution is 7.09. The van der Waals surface area contributed by atoms with Crippen molar-refractivity contribution in [2.45, 2.75) is 13.0 Å². The molecule has 1 aromatic rings. The Bertz CT molecular complexity index is 374. The van der Waals surface area contributed by atoms with Gasteiger partial charge in [0.25, 0.3) is 5.91 Å². The van der Waals surface area contributed by atoms with E-state index in [-0.39, 0.29) is 18.3 Å². The van der Waals surface area contributed by atoms with Crippen molar-refractivity contribution in [3.05, 3.63) is 16.1 Å². The highest BCUT2D eigenvalue weighted by Gasteiger charge is 2.12. The maximum atomic E-state index is 11.4. The van der Waals surface area contributed by atoms with E-state index < -0.39 is 11.8 Å². The van der Waals surface area contributed by atoms with E-state index in [1.54, 1.807) is 12.3 Å². The van der Waals surface area contributed by atoms with E-state index in [1.807, 2.05) is 0 Å². The zero-order valence-corrected chi connectivity index (χ0v) is 9.00. The second kappa shape index (κ2) is 4.85. The fraction of sp³-hybridized carbons (Fsp3) is 0.375. The lowest BCUT2D eigenvalue weighted by molar-refractivity contribution is -0.117. The van der Waals surface area contributed by atoms with Gasteiger partial charge in [0, 0.05) is 5.38 Å². The van der Waals surface area contributed by atoms with Gasteiger partial charge >= 0.3 is 0 Å². The molecule has 0 aliphatic rings. The maximum absolute atomic E-state index is 11.4. The third-order valence-corrected chi connectivity index (χ3v) is 2.61. The first-order chi connectivity index (χ1) is 7.00. The van der Waals surface area contributed by atoms with Gasteiger partial charge in [0.05, 0.1) is 12.6 Å². The summed E-state index contributed by atoms with van der Waals surface area (Å²) in [6.45, 7) is 1.59. The molecule has 5 N–H and O–H groups in total. The molecule has 0 spiro atoms. The van der Waals surface area contributed by atoms with Crippen LogP contribution in [0.4, 0.5) is 0 Å². The zero-order valence-electron chi connectivity index (χ0n) is 8.19. The molecular formula is C8H12N4O2S. The van der Waals surface area contributed by atoms with Crippen molar-refractivity contribution in [1.82, 2.24) is 10.3 Å². The van der Waals surface area contributed by atoms with Crippen molar-refractivity contribution in [2.24, 2.45) is 11.5 Å². The van der Waals surface area contributed by atoms with E-state index in [1.165, 1.54) is 11.3 Å². The van der Waals surface area contributed by atoms with E-state index in [4.69, 9.17) is 11.5 Å². The minimum atomic E-state index is -0.592. The standard InChI is InChI=1S/C8H12N4O2S/c1-4(9)8-12-5(3-15-8)7(14)11-2-6(10)13/h3-4H,2,9H2,1H3,(H2,10,13)(H,11,14). The number of primary amides is 1. The number of nitrogens with two attached hydrogens (primary N) is 2. The summed E-state index contributed by atoms with van der Waals surface area (Å²) in [5.74, 6) is -1.01. The van der Waals surface area contributed by atoms with Gasteiger partial charge in [0.15, 0.2) is 0 Å². The monoisotopic (exact) mass is 228 g/mol. The Morgan fingerprint density at radius 1 is 1.67 bits per heavy atom. The summed E-state index contributed by atoms with van der Waals surface area (Å²) in [7, 11) is 0. The normalized spacial score (nSPS) is 12.1. The predicted molar refractivity (Wildman–Crippen MR) is 56.2 cm³/mol. The first-order valence-corrected chi connectivity index (χ1v) is 5.16. The van der Waals surface area contributed by atoms with E-state index in [9.17, 15) is 9.59 Å². The molecule has 0 aromatic carbocycles. The molecular weight excluding hydrogens is 216 g/mol. The minimum Gasteiger partial charge on any atom is -0.368 e. The molecule has 0 bridgehead atoms. The minimum absolute atomic E-state index is 0.191. The average Bonchev–Trinajstić information content (AvgIpc) is 2.62. The lowest BCUT2D eigenvalue weighted by Gasteiger charge is -1.99. The molecule has 1 rings (SSSR count). The number of nitrogens with zero attached hydrogens (tertiary/aromatic N) is 1. The van der Waals surface area contributed by atoms with Gasteiger partial charge in [-0.2, -0.15) is 0 Å². The molecule has 15 heavy (non-hydrogen) atoms. The molecule has 2 amide bonds. The molecule has 6 nitrogen and oxygen atoms in total. The summed E-state index contributed by atoms with van der Waals surface area (Å²) in [4.78, 5) is 25.8. The van der Waals surface area contributed by atoms with Crippen molar-refractivity contribution in [3.8, 4) is 0 Å². The van der Waals surface area contributed by atoms with Crippen molar-refractivity contribution in [1.29, 1.82) is 0 Å². The van der Waals surface area contributed by atoms with Crippen LogP contribution in [0.15, 0.2) is 5.38 Å². The first kappa shape index (κ1) is 11.6. The van der Waals surface area contributed by atoms with Gasteiger partial charge in [0.2, 0.25) is 5.91 Å². The second-order valence-corrected chi connectivity index (χ2v) is 3.90. The average molecular weight is 228 g/mol. The molecule has 1 atom stereocenters. The molecule has 7 heteroatoms. The number of carbonyl (C=O) groups excluding carboxylic acids is 2. The highest BCUT2D eigenvalue weighted by atomic mass is 32.1. The Kier molecular flexibility index (Phi) is 3.75. The molecule has 0 saturated carbocycles. The van der Waals surface area contributed by atoms with E-state index in [2.05, 4.69) is 10.3 Å². The lowest BCUT2D eigenvalue weighted by atomic mass is 10.4. The zero-order chi connectivity index (χ0) is 11.4. The Hall–Kier alpha value is -1.47. The summed E-state index contributed by atoms with van der Waals surface area (Å²) >= 11 is 1.31. The number of hydrogen-bond donors (Lipinski definition) is 3. The molecule has 0 aliphatic carbocycles. The van der Waals surface area contributed by atoms with E-state index in [0.29, 0.717) is 5.01 Å². The summed E-state index contributed by atoms with van der Waals surface area (Å²) in [5.41, 5.74) is 10.7. The molecule has 82 valence electrons. The molecule has 1 aromatic heterocycles. The first-order valence-electron chi connectivity index (χ1n) is 4.28. The SMILES string of the molecule is CC(N)c1nc(C(=O)NCC(N)=O)cs1. The van der Waals surface area contributed by atoms with Gasteiger partial charge in [-0.05, 0) is 6.92 Å². The molecule has 0 fully saturated rings. The van der Waals surface area contributed by atoms with Crippen LogP contribution in [-0.2, 0) is 4.79 Å². The highest BCUT2D eigenvalue weighted by Crippen LogP contribution is 2.15. The third kappa shape index (κ3) is 3.30. The fourth-order valence-electron chi connectivity index (χ4n) is 0.859. The predicted octanol–water partition coefficient (Wildman–Crippen LogP) is -0.622.